The van der Waals surface area contributed by atoms with E-state index < -0.39 is 12.0 Å². The van der Waals surface area contributed by atoms with Gasteiger partial charge in [-0.3, -0.25) is 14.9 Å². The van der Waals surface area contributed by atoms with Crippen LogP contribution in [0.2, 0.25) is 0 Å². The first-order valence-electron chi connectivity index (χ1n) is 12.4. The van der Waals surface area contributed by atoms with Crippen molar-refractivity contribution in [3.8, 4) is 34.3 Å². The van der Waals surface area contributed by atoms with Gasteiger partial charge in [-0.1, -0.05) is 18.2 Å². The van der Waals surface area contributed by atoms with Gasteiger partial charge in [-0.25, -0.2) is 4.98 Å². The molecule has 37 heavy (non-hydrogen) atoms. The van der Waals surface area contributed by atoms with Gasteiger partial charge in [0.25, 0.3) is 0 Å². The maximum absolute atomic E-state index is 11.9. The minimum absolute atomic E-state index is 0.215. The molecule has 186 valence electrons. The largest absolute Gasteiger partial charge is 0.494 e. The normalized spacial score (nSPS) is 18.7. The van der Waals surface area contributed by atoms with Gasteiger partial charge < -0.3 is 14.7 Å². The molecule has 1 aliphatic carbocycles. The van der Waals surface area contributed by atoms with Gasteiger partial charge in [0.05, 0.1) is 24.4 Å². The third-order valence-electron chi connectivity index (χ3n) is 7.62. The van der Waals surface area contributed by atoms with Crippen LogP contribution in [0, 0.1) is 11.3 Å². The van der Waals surface area contributed by atoms with E-state index in [2.05, 4.69) is 39.4 Å². The van der Waals surface area contributed by atoms with E-state index in [0.29, 0.717) is 30.1 Å². The summed E-state index contributed by atoms with van der Waals surface area (Å²) in [6.07, 6.45) is 5.42. The molecule has 1 aliphatic heterocycles. The van der Waals surface area contributed by atoms with E-state index in [9.17, 15) is 15.2 Å². The first-order valence-corrected chi connectivity index (χ1v) is 12.4. The van der Waals surface area contributed by atoms with Crippen LogP contribution in [0.15, 0.2) is 42.6 Å². The van der Waals surface area contributed by atoms with Crippen molar-refractivity contribution in [1.29, 1.82) is 5.26 Å². The number of aryl methyl sites for hydroxylation is 1. The number of likely N-dealkylation sites (tertiary alicyclic amines) is 1. The summed E-state index contributed by atoms with van der Waals surface area (Å²) in [5.41, 5.74) is 7.20. The number of aliphatic hydroxyl groups excluding tert-OH is 1. The summed E-state index contributed by atoms with van der Waals surface area (Å²) in [6, 6.07) is 14.4. The maximum atomic E-state index is 11.9. The van der Waals surface area contributed by atoms with Crippen LogP contribution in [0.25, 0.3) is 33.5 Å². The van der Waals surface area contributed by atoms with E-state index in [1.807, 2.05) is 18.2 Å². The van der Waals surface area contributed by atoms with E-state index in [1.54, 1.807) is 13.3 Å². The summed E-state index contributed by atoms with van der Waals surface area (Å²) in [7, 11) is 1.65. The van der Waals surface area contributed by atoms with Crippen molar-refractivity contribution >= 4 is 16.9 Å². The van der Waals surface area contributed by atoms with E-state index in [1.165, 1.54) is 16.0 Å². The van der Waals surface area contributed by atoms with Crippen molar-refractivity contribution in [2.75, 3.05) is 26.8 Å². The number of aliphatic hydroxyl groups is 1. The van der Waals surface area contributed by atoms with Crippen LogP contribution in [0.1, 0.15) is 29.7 Å². The van der Waals surface area contributed by atoms with Crippen molar-refractivity contribution < 1.29 is 14.6 Å². The molecular weight excluding hydrogens is 468 g/mol. The minimum Gasteiger partial charge on any atom is -0.494 e. The number of carbonyl (C=O) groups is 1. The van der Waals surface area contributed by atoms with Gasteiger partial charge in [0, 0.05) is 36.5 Å². The highest BCUT2D eigenvalue weighted by atomic mass is 16.5. The predicted octanol–water partition coefficient (Wildman–Crippen LogP) is 3.17. The van der Waals surface area contributed by atoms with Gasteiger partial charge in [0.1, 0.15) is 34.7 Å². The molecule has 0 saturated carbocycles. The number of fused-ring (bicyclic) bond motifs is 2. The number of nitrogens with one attached hydrogen (secondary N) is 1. The standard InChI is InChI=1S/C28H26N6O3/c1-37-22-12-21-27(31-26(22)20-7-3-5-17-4-2-6-19(17)20)25(33-32-21)18-8-9-23(30-13-18)28(15-29)10-11-34(16-28)24(36)14-35/h3,5,7-9,12-13,35H,2,4,6,10-11,14,16H2,1H3,(H,32,33). The first kappa shape index (κ1) is 23.1. The van der Waals surface area contributed by atoms with Crippen molar-refractivity contribution in [1.82, 2.24) is 25.1 Å². The number of nitrogens with zero attached hydrogens (tertiary/aromatic N) is 5. The minimum atomic E-state index is -0.899. The lowest BCUT2D eigenvalue weighted by atomic mass is 9.84. The lowest BCUT2D eigenvalue weighted by Gasteiger charge is -2.21. The maximum Gasteiger partial charge on any atom is 0.248 e. The molecule has 4 heterocycles. The number of hydrogen-bond donors (Lipinski definition) is 2. The van der Waals surface area contributed by atoms with E-state index in [-0.39, 0.29) is 12.5 Å². The Labute approximate surface area is 213 Å². The summed E-state index contributed by atoms with van der Waals surface area (Å²) in [6.45, 7) is 0.0659. The molecule has 0 spiro atoms. The molecule has 1 aromatic carbocycles. The Bertz CT molecular complexity index is 1550. The number of benzene rings is 1. The summed E-state index contributed by atoms with van der Waals surface area (Å²) in [4.78, 5) is 23.1. The number of amides is 1. The fourth-order valence-electron chi connectivity index (χ4n) is 5.62. The van der Waals surface area contributed by atoms with E-state index in [4.69, 9.17) is 9.72 Å². The van der Waals surface area contributed by atoms with Crippen molar-refractivity contribution in [3.05, 3.63) is 59.4 Å². The highest BCUT2D eigenvalue weighted by Crippen LogP contribution is 2.39. The number of nitriles is 1. The zero-order chi connectivity index (χ0) is 25.6. The van der Waals surface area contributed by atoms with Crippen molar-refractivity contribution in [2.24, 2.45) is 0 Å². The lowest BCUT2D eigenvalue weighted by Crippen LogP contribution is -2.35. The van der Waals surface area contributed by atoms with Crippen LogP contribution in [-0.2, 0) is 23.1 Å². The molecule has 1 fully saturated rings. The molecule has 2 aliphatic rings. The molecule has 9 nitrogen and oxygen atoms in total. The van der Waals surface area contributed by atoms with Crippen LogP contribution < -0.4 is 4.74 Å². The number of carbonyl (C=O) groups excluding carboxylic acids is 1. The zero-order valence-corrected chi connectivity index (χ0v) is 20.5. The second-order valence-electron chi connectivity index (χ2n) is 9.65. The van der Waals surface area contributed by atoms with Crippen molar-refractivity contribution in [2.45, 2.75) is 31.1 Å². The molecule has 1 amide bonds. The summed E-state index contributed by atoms with van der Waals surface area (Å²) in [5, 5.41) is 26.8. The van der Waals surface area contributed by atoms with Gasteiger partial charge in [0.2, 0.25) is 5.91 Å². The number of rotatable bonds is 5. The molecule has 1 saturated heterocycles. The summed E-state index contributed by atoms with van der Waals surface area (Å²) in [5.74, 6) is 0.314. The van der Waals surface area contributed by atoms with Gasteiger partial charge in [-0.05, 0) is 48.9 Å². The fourth-order valence-corrected chi connectivity index (χ4v) is 5.62. The quantitative estimate of drug-likeness (QED) is 0.436. The van der Waals surface area contributed by atoms with E-state index >= 15 is 0 Å². The number of aromatic nitrogens is 4. The third-order valence-corrected chi connectivity index (χ3v) is 7.62. The highest BCUT2D eigenvalue weighted by molar-refractivity contribution is 5.93. The average Bonchev–Trinajstić information content (AvgIpc) is 3.70. The Hall–Kier alpha value is -4.29. The summed E-state index contributed by atoms with van der Waals surface area (Å²) >= 11 is 0. The monoisotopic (exact) mass is 494 g/mol. The molecular formula is C28H26N6O3. The van der Waals surface area contributed by atoms with Crippen LogP contribution in [0.4, 0.5) is 0 Å². The molecule has 0 radical (unpaired) electrons. The Morgan fingerprint density at radius 3 is 2.92 bits per heavy atom. The first-order chi connectivity index (χ1) is 18.1. The van der Waals surface area contributed by atoms with Gasteiger partial charge in [-0.15, -0.1) is 0 Å². The van der Waals surface area contributed by atoms with Crippen LogP contribution in [0.3, 0.4) is 0 Å². The van der Waals surface area contributed by atoms with Crippen LogP contribution in [-0.4, -0.2) is 62.9 Å². The van der Waals surface area contributed by atoms with Gasteiger partial charge >= 0.3 is 0 Å². The second kappa shape index (κ2) is 8.98. The smallest absolute Gasteiger partial charge is 0.248 e. The Balaban J connectivity index is 1.39. The molecule has 4 aromatic rings. The number of methoxy groups -OCH3 is 1. The number of H-pyrrole nitrogens is 1. The molecule has 6 rings (SSSR count). The molecule has 1 atom stereocenters. The predicted molar refractivity (Wildman–Crippen MR) is 137 cm³/mol. The summed E-state index contributed by atoms with van der Waals surface area (Å²) < 4.78 is 5.72. The number of ether oxygens (including phenoxy) is 1. The van der Waals surface area contributed by atoms with Gasteiger partial charge in [0.15, 0.2) is 0 Å². The van der Waals surface area contributed by atoms with Crippen molar-refractivity contribution in [3.63, 3.8) is 0 Å². The average molecular weight is 495 g/mol. The number of pyridine rings is 2. The Morgan fingerprint density at radius 2 is 2.16 bits per heavy atom. The number of aromatic amines is 1. The van der Waals surface area contributed by atoms with Gasteiger partial charge in [-0.2, -0.15) is 10.4 Å². The molecule has 2 N–H and O–H groups in total. The third kappa shape index (κ3) is 3.72. The van der Waals surface area contributed by atoms with Crippen LogP contribution in [0.5, 0.6) is 5.75 Å². The van der Waals surface area contributed by atoms with Crippen LogP contribution >= 0.6 is 0 Å². The SMILES string of the molecule is COc1cc2[nH]nc(-c3ccc(C4(C#N)CCN(C(=O)CO)C4)nc3)c2nc1-c1cccc2c1CCC2. The zero-order valence-electron chi connectivity index (χ0n) is 20.5. The molecule has 0 bridgehead atoms. The molecule has 3 aromatic heterocycles. The molecule has 1 unspecified atom stereocenters. The fraction of sp³-hybridized carbons (Fsp3) is 0.321. The second-order valence-corrected chi connectivity index (χ2v) is 9.65. The molecule has 9 heteroatoms. The Kier molecular flexibility index (Phi) is 5.61. The lowest BCUT2D eigenvalue weighted by molar-refractivity contribution is -0.133. The Morgan fingerprint density at radius 1 is 1.27 bits per heavy atom. The highest BCUT2D eigenvalue weighted by Gasteiger charge is 2.42. The number of hydrogen-bond acceptors (Lipinski definition) is 7. The van der Waals surface area contributed by atoms with E-state index in [0.717, 1.165) is 47.1 Å². The topological polar surface area (TPSA) is 128 Å².